The first kappa shape index (κ1) is 15.2. The zero-order valence-corrected chi connectivity index (χ0v) is 13.4. The molecular weight excluding hydrogens is 316 g/mol. The van der Waals surface area contributed by atoms with E-state index in [-0.39, 0.29) is 6.42 Å². The van der Waals surface area contributed by atoms with Gasteiger partial charge in [-0.2, -0.15) is 11.3 Å². The van der Waals surface area contributed by atoms with Crippen molar-refractivity contribution in [2.75, 3.05) is 19.0 Å². The van der Waals surface area contributed by atoms with Gasteiger partial charge in [0, 0.05) is 37.4 Å². The van der Waals surface area contributed by atoms with Crippen molar-refractivity contribution < 1.29 is 14.3 Å². The second-order valence-electron chi connectivity index (χ2n) is 5.04. The van der Waals surface area contributed by atoms with Crippen LogP contribution in [0.15, 0.2) is 33.6 Å². The molecule has 23 heavy (non-hydrogen) atoms. The molecule has 0 radical (unpaired) electrons. The van der Waals surface area contributed by atoms with Crippen LogP contribution in [0.2, 0.25) is 0 Å². The molecule has 0 spiro atoms. The number of thiophene rings is 1. The van der Waals surface area contributed by atoms with Crippen LogP contribution in [0.3, 0.4) is 0 Å². The molecule has 3 heterocycles. The summed E-state index contributed by atoms with van der Waals surface area (Å²) >= 11 is 1.51. The van der Waals surface area contributed by atoms with E-state index < -0.39 is 5.97 Å². The molecule has 7 nitrogen and oxygen atoms in total. The van der Waals surface area contributed by atoms with Gasteiger partial charge in [-0.3, -0.25) is 4.79 Å². The number of carboxylic acid groups (broad SMARTS) is 1. The Morgan fingerprint density at radius 1 is 1.30 bits per heavy atom. The number of carboxylic acids is 1. The molecule has 0 aliphatic heterocycles. The van der Waals surface area contributed by atoms with E-state index in [9.17, 15) is 4.79 Å². The van der Waals surface area contributed by atoms with Crippen molar-refractivity contribution in [1.82, 2.24) is 15.0 Å². The Balaban J connectivity index is 2.01. The predicted molar refractivity (Wildman–Crippen MR) is 86.5 cm³/mol. The molecule has 0 aliphatic rings. The minimum atomic E-state index is -0.969. The molecule has 0 bridgehead atoms. The van der Waals surface area contributed by atoms with Crippen molar-refractivity contribution in [2.24, 2.45) is 0 Å². The third-order valence-electron chi connectivity index (χ3n) is 3.09. The minimum absolute atomic E-state index is 0.227. The lowest BCUT2D eigenvalue weighted by Gasteiger charge is -2.08. The van der Waals surface area contributed by atoms with E-state index in [1.165, 1.54) is 11.3 Å². The zero-order chi connectivity index (χ0) is 16.4. The molecule has 0 saturated heterocycles. The second kappa shape index (κ2) is 6.17. The fourth-order valence-corrected chi connectivity index (χ4v) is 2.66. The van der Waals surface area contributed by atoms with Crippen molar-refractivity contribution in [3.63, 3.8) is 0 Å². The molecule has 0 fully saturated rings. The number of carbonyl (C=O) groups is 1. The van der Waals surface area contributed by atoms with Crippen LogP contribution in [0, 0.1) is 0 Å². The van der Waals surface area contributed by atoms with E-state index in [2.05, 4.69) is 15.0 Å². The molecular formula is C15H14N4O3S. The molecule has 3 rings (SSSR count). The van der Waals surface area contributed by atoms with Gasteiger partial charge in [0.05, 0.1) is 5.56 Å². The van der Waals surface area contributed by atoms with Crippen LogP contribution >= 0.6 is 11.3 Å². The number of aromatic nitrogens is 3. The topological polar surface area (TPSA) is 92.4 Å². The molecule has 0 unspecified atom stereocenters. The van der Waals surface area contributed by atoms with Gasteiger partial charge >= 0.3 is 5.97 Å². The number of aliphatic carboxylic acids is 1. The molecule has 0 aromatic carbocycles. The fourth-order valence-electron chi connectivity index (χ4n) is 2.02. The molecule has 3 aromatic heterocycles. The first-order chi connectivity index (χ1) is 11.0. The number of rotatable bonds is 5. The SMILES string of the molecule is CN(C)c1ncc(-c2nc(-c3ccsc3)c(CC(=O)O)o2)cn1. The lowest BCUT2D eigenvalue weighted by molar-refractivity contribution is -0.136. The van der Waals surface area contributed by atoms with Crippen LogP contribution in [0.5, 0.6) is 0 Å². The van der Waals surface area contributed by atoms with E-state index in [0.717, 1.165) is 5.56 Å². The molecule has 0 amide bonds. The first-order valence-corrected chi connectivity index (χ1v) is 7.72. The summed E-state index contributed by atoms with van der Waals surface area (Å²) in [7, 11) is 3.69. The van der Waals surface area contributed by atoms with Gasteiger partial charge in [-0.25, -0.2) is 15.0 Å². The third-order valence-corrected chi connectivity index (χ3v) is 3.77. The van der Waals surface area contributed by atoms with E-state index in [1.807, 2.05) is 30.9 Å². The number of hydrogen-bond donors (Lipinski definition) is 1. The molecule has 3 aromatic rings. The van der Waals surface area contributed by atoms with Gasteiger partial charge in [0.1, 0.15) is 17.9 Å². The molecule has 118 valence electrons. The van der Waals surface area contributed by atoms with Crippen LogP contribution in [0.1, 0.15) is 5.76 Å². The van der Waals surface area contributed by atoms with Gasteiger partial charge in [0.2, 0.25) is 11.8 Å². The molecule has 0 saturated carbocycles. The van der Waals surface area contributed by atoms with Crippen molar-refractivity contribution in [2.45, 2.75) is 6.42 Å². The standard InChI is InChI=1S/C15H14N4O3S/c1-19(2)15-16-6-10(7-17-15)14-18-13(9-3-4-23-8-9)11(22-14)5-12(20)21/h3-4,6-8H,5H2,1-2H3,(H,20,21). The highest BCUT2D eigenvalue weighted by Crippen LogP contribution is 2.30. The normalized spacial score (nSPS) is 10.7. The highest BCUT2D eigenvalue weighted by molar-refractivity contribution is 7.08. The Morgan fingerprint density at radius 2 is 2.04 bits per heavy atom. The van der Waals surface area contributed by atoms with E-state index in [1.54, 1.807) is 17.3 Å². The molecule has 0 atom stereocenters. The average Bonchev–Trinajstić information content (AvgIpc) is 3.16. The van der Waals surface area contributed by atoms with Gasteiger partial charge in [-0.15, -0.1) is 0 Å². The lowest BCUT2D eigenvalue weighted by atomic mass is 10.2. The fraction of sp³-hybridized carbons (Fsp3) is 0.200. The monoisotopic (exact) mass is 330 g/mol. The first-order valence-electron chi connectivity index (χ1n) is 6.78. The van der Waals surface area contributed by atoms with Gasteiger partial charge in [-0.05, 0) is 11.4 Å². The summed E-state index contributed by atoms with van der Waals surface area (Å²) in [6.45, 7) is 0. The van der Waals surface area contributed by atoms with Crippen molar-refractivity contribution in [3.8, 4) is 22.7 Å². The van der Waals surface area contributed by atoms with Crippen molar-refractivity contribution >= 4 is 23.3 Å². The maximum Gasteiger partial charge on any atom is 0.311 e. The summed E-state index contributed by atoms with van der Waals surface area (Å²) in [6.07, 6.45) is 2.99. The zero-order valence-electron chi connectivity index (χ0n) is 12.6. The van der Waals surface area contributed by atoms with Crippen LogP contribution in [0.25, 0.3) is 22.7 Å². The summed E-state index contributed by atoms with van der Waals surface area (Å²) in [5.41, 5.74) is 1.98. The highest BCUT2D eigenvalue weighted by Gasteiger charge is 2.19. The lowest BCUT2D eigenvalue weighted by Crippen LogP contribution is -2.12. The Labute approximate surface area is 136 Å². The highest BCUT2D eigenvalue weighted by atomic mass is 32.1. The van der Waals surface area contributed by atoms with Crippen LogP contribution in [-0.4, -0.2) is 40.1 Å². The largest absolute Gasteiger partial charge is 0.481 e. The van der Waals surface area contributed by atoms with Gasteiger partial charge in [0.25, 0.3) is 0 Å². The van der Waals surface area contributed by atoms with E-state index in [0.29, 0.717) is 28.9 Å². The number of anilines is 1. The van der Waals surface area contributed by atoms with Crippen LogP contribution < -0.4 is 4.90 Å². The smallest absolute Gasteiger partial charge is 0.311 e. The number of nitrogens with zero attached hydrogens (tertiary/aromatic N) is 4. The summed E-state index contributed by atoms with van der Waals surface area (Å²) in [5, 5.41) is 12.9. The number of oxazole rings is 1. The van der Waals surface area contributed by atoms with Crippen molar-refractivity contribution in [1.29, 1.82) is 0 Å². The Kier molecular flexibility index (Phi) is 4.07. The molecule has 1 N–H and O–H groups in total. The minimum Gasteiger partial charge on any atom is -0.481 e. The van der Waals surface area contributed by atoms with Crippen molar-refractivity contribution in [3.05, 3.63) is 35.0 Å². The average molecular weight is 330 g/mol. The molecule has 8 heteroatoms. The van der Waals surface area contributed by atoms with E-state index >= 15 is 0 Å². The summed E-state index contributed by atoms with van der Waals surface area (Å²) in [5.74, 6) is 0.239. The Hall–Kier alpha value is -2.74. The Morgan fingerprint density at radius 3 is 2.61 bits per heavy atom. The maximum atomic E-state index is 11.0. The van der Waals surface area contributed by atoms with Gasteiger partial charge < -0.3 is 14.4 Å². The van der Waals surface area contributed by atoms with Gasteiger partial charge in [0.15, 0.2) is 0 Å². The van der Waals surface area contributed by atoms with Crippen LogP contribution in [0.4, 0.5) is 5.95 Å². The van der Waals surface area contributed by atoms with Gasteiger partial charge in [-0.1, -0.05) is 0 Å². The molecule has 0 aliphatic carbocycles. The van der Waals surface area contributed by atoms with Crippen LogP contribution in [-0.2, 0) is 11.2 Å². The predicted octanol–water partition coefficient (Wildman–Crippen LogP) is 2.55. The quantitative estimate of drug-likeness (QED) is 0.768. The third kappa shape index (κ3) is 3.21. The maximum absolute atomic E-state index is 11.0. The summed E-state index contributed by atoms with van der Waals surface area (Å²) in [4.78, 5) is 25.7. The Bertz CT molecular complexity index is 810. The van der Waals surface area contributed by atoms with E-state index in [4.69, 9.17) is 9.52 Å². The number of hydrogen-bond acceptors (Lipinski definition) is 7. The summed E-state index contributed by atoms with van der Waals surface area (Å²) in [6, 6.07) is 1.88. The second-order valence-corrected chi connectivity index (χ2v) is 5.82. The summed E-state index contributed by atoms with van der Waals surface area (Å²) < 4.78 is 5.65.